The zero-order valence-electron chi connectivity index (χ0n) is 45.1. The van der Waals surface area contributed by atoms with E-state index in [9.17, 15) is 0 Å². The van der Waals surface area contributed by atoms with Gasteiger partial charge in [-0.2, -0.15) is 0 Å². The summed E-state index contributed by atoms with van der Waals surface area (Å²) < 4.78 is 10.5. The summed E-state index contributed by atoms with van der Waals surface area (Å²) >= 11 is 0. The molecular weight excluding hydrogens is 818 g/mol. The highest BCUT2D eigenvalue weighted by Crippen LogP contribution is 2.88. The topological polar surface area (TPSA) is 13.0 Å². The van der Waals surface area contributed by atoms with Gasteiger partial charge in [-0.15, -0.1) is 0 Å². The van der Waals surface area contributed by atoms with E-state index in [0.717, 1.165) is 22.6 Å². The van der Waals surface area contributed by atoms with Gasteiger partial charge < -0.3 is 18.7 Å². The fourth-order valence-electron chi connectivity index (χ4n) is 8.48. The molecule has 10 heteroatoms. The quantitative estimate of drug-likeness (QED) is 0.236. The van der Waals surface area contributed by atoms with Gasteiger partial charge in [-0.3, -0.25) is 0 Å². The van der Waals surface area contributed by atoms with Crippen molar-refractivity contribution in [2.24, 2.45) is 0 Å². The molecule has 0 aromatic heterocycles. The van der Waals surface area contributed by atoms with E-state index in [1.54, 1.807) is 0 Å². The molecule has 0 aromatic rings. The lowest BCUT2D eigenvalue weighted by molar-refractivity contribution is 0.298. The van der Waals surface area contributed by atoms with Gasteiger partial charge in [0.1, 0.15) is 0 Å². The predicted molar refractivity (Wildman–Crippen MR) is 286 cm³/mol. The molecule has 0 N–H and O–H groups in total. The molecule has 4 nitrogen and oxygen atoms in total. The van der Waals surface area contributed by atoms with Crippen LogP contribution in [0, 0.1) is 0 Å². The average Bonchev–Trinajstić information content (AvgIpc) is 3.56. The Morgan fingerprint density at radius 3 is 0.517 bits per heavy atom. The largest absolute Gasteiger partial charge is 0.328 e. The van der Waals surface area contributed by atoms with Crippen molar-refractivity contribution in [2.75, 3.05) is 0 Å². The molecule has 0 spiro atoms. The van der Waals surface area contributed by atoms with Crippen LogP contribution >= 0.6 is 46.3 Å². The normalized spacial score (nSPS) is 17.4. The molecule has 0 aliphatic carbocycles. The van der Waals surface area contributed by atoms with Gasteiger partial charge in [-0.1, -0.05) is 169 Å². The maximum Gasteiger partial charge on any atom is 0.166 e. The smallest absolute Gasteiger partial charge is 0.166 e. The number of rotatable bonds is 7. The van der Waals surface area contributed by atoms with E-state index in [1.807, 2.05) is 0 Å². The van der Waals surface area contributed by atoms with Crippen molar-refractivity contribution in [1.82, 2.24) is 18.7 Å². The van der Waals surface area contributed by atoms with Gasteiger partial charge in [0.05, 0.1) is 0 Å². The van der Waals surface area contributed by atoms with Crippen LogP contribution in [0.1, 0.15) is 222 Å². The van der Waals surface area contributed by atoms with Crippen molar-refractivity contribution in [2.45, 2.75) is 287 Å². The third-order valence-electron chi connectivity index (χ3n) is 9.50. The molecular formula is C48H104N4P6. The Bertz CT molecular complexity index is 1090. The highest BCUT2D eigenvalue weighted by atomic mass is 32.1. The zero-order chi connectivity index (χ0) is 46.9. The van der Waals surface area contributed by atoms with E-state index < -0.39 is 15.8 Å². The third kappa shape index (κ3) is 17.0. The van der Waals surface area contributed by atoms with E-state index in [-0.39, 0.29) is 52.6 Å². The Morgan fingerprint density at radius 1 is 0.293 bits per heavy atom. The van der Waals surface area contributed by atoms with E-state index in [4.69, 9.17) is 0 Å². The maximum absolute atomic E-state index is 2.63. The van der Waals surface area contributed by atoms with Crippen molar-refractivity contribution < 1.29 is 0 Å². The minimum absolute atomic E-state index is 0.0175. The van der Waals surface area contributed by atoms with E-state index in [2.05, 4.69) is 265 Å². The third-order valence-corrected chi connectivity index (χ3v) is 43.4. The molecule has 2 heterocycles. The van der Waals surface area contributed by atoms with Crippen molar-refractivity contribution in [1.29, 1.82) is 0 Å². The fraction of sp³-hybridized carbons (Fsp3) is 0.917. The molecule has 346 valence electrons. The Hall–Kier alpha value is 1.26. The Labute approximate surface area is 374 Å². The summed E-state index contributed by atoms with van der Waals surface area (Å²) in [6, 6.07) is 0. The zero-order valence-corrected chi connectivity index (χ0v) is 50.5. The molecule has 0 saturated heterocycles. The number of nitrogens with zero attached hydrogens (tertiary/aromatic N) is 4. The maximum atomic E-state index is 2.63. The first-order valence-electron chi connectivity index (χ1n) is 22.5. The first kappa shape index (κ1) is 59.3. The summed E-state index contributed by atoms with van der Waals surface area (Å²) in [5.41, 5.74) is 4.00. The van der Waals surface area contributed by atoms with Gasteiger partial charge in [-0.05, 0) is 126 Å². The lowest BCUT2D eigenvalue weighted by atomic mass is 10.1. The summed E-state index contributed by atoms with van der Waals surface area (Å²) in [7, 11) is -0.641. The molecule has 0 aromatic carbocycles. The van der Waals surface area contributed by atoms with E-state index in [1.165, 1.54) is 0 Å². The van der Waals surface area contributed by atoms with Crippen molar-refractivity contribution in [3.63, 3.8) is 0 Å². The highest BCUT2D eigenvalue weighted by Gasteiger charge is 2.53. The van der Waals surface area contributed by atoms with Crippen molar-refractivity contribution in [3.05, 3.63) is 24.8 Å². The van der Waals surface area contributed by atoms with Crippen LogP contribution in [0.25, 0.3) is 0 Å². The molecule has 0 atom stereocenters. The lowest BCUT2D eigenvalue weighted by Gasteiger charge is -2.56. The molecule has 2 aliphatic rings. The van der Waals surface area contributed by atoms with Crippen LogP contribution in [0.15, 0.2) is 24.8 Å². The molecule has 58 heavy (non-hydrogen) atoms. The predicted octanol–water partition coefficient (Wildman–Crippen LogP) is 19.5. The summed E-state index contributed by atoms with van der Waals surface area (Å²) in [6.07, 6.45) is 9.33. The molecule has 0 saturated carbocycles. The van der Waals surface area contributed by atoms with Gasteiger partial charge in [0.25, 0.3) is 0 Å². The van der Waals surface area contributed by atoms with Crippen LogP contribution in [0.5, 0.6) is 0 Å². The van der Waals surface area contributed by atoms with Crippen LogP contribution in [0.4, 0.5) is 0 Å². The molecule has 0 unspecified atom stereocenters. The minimum Gasteiger partial charge on any atom is -0.328 e. The SMILES string of the molecule is CC(C)(C)N1C=CN(C(C)(C)C)P1P1N(C(C)(C)C)C=CN1C(C)(C)C.CC(C)(C)P(P(C(C)(C)C)C(C)(C)C)C(C)(C)C.CC(C)P(C(C)C)P(C(C)C)C(C)C. The summed E-state index contributed by atoms with van der Waals surface area (Å²) in [5, 5.41) is 1.72. The highest BCUT2D eigenvalue weighted by molar-refractivity contribution is 8.32. The van der Waals surface area contributed by atoms with Crippen LogP contribution in [-0.2, 0) is 0 Å². The Morgan fingerprint density at radius 2 is 0.431 bits per heavy atom. The van der Waals surface area contributed by atoms with Crippen LogP contribution < -0.4 is 0 Å². The second kappa shape index (κ2) is 21.0. The summed E-state index contributed by atoms with van der Waals surface area (Å²) in [6.45, 7) is 76.8. The first-order valence-corrected chi connectivity index (χ1v) is 32.8. The second-order valence-corrected chi connectivity index (χ2v) is 48.0. The first-order chi connectivity index (χ1) is 25.2. The molecule has 0 fully saturated rings. The minimum atomic E-state index is -0.547. The fourth-order valence-corrected chi connectivity index (χ4v) is 43.0. The standard InChI is InChI=1S/C20H40N4P2.C16H36P2.C12H28P2/c1-17(2,3)21-13-14-22(18(4,5)6)25(21)26-23(19(7,8)9)15-16-24(26)20(10,11)12;1-13(2,3)17(14(4,5)6)18(15(7,8)9)16(10,11)12;1-9(2)13(10(3)4)14(11(5)6)12(7)8/h13-16H,1-12H3;1-12H3;9-12H,1-8H3. The van der Waals surface area contributed by atoms with Crippen molar-refractivity contribution >= 4 is 46.3 Å². The van der Waals surface area contributed by atoms with Gasteiger partial charge in [0.15, 0.2) is 15.8 Å². The average molecular weight is 923 g/mol. The van der Waals surface area contributed by atoms with E-state index in [0.29, 0.717) is 20.6 Å². The lowest BCUT2D eigenvalue weighted by Crippen LogP contribution is -2.43. The van der Waals surface area contributed by atoms with Gasteiger partial charge in [0.2, 0.25) is 0 Å². The summed E-state index contributed by atoms with van der Waals surface area (Å²) in [4.78, 5) is 0. The Balaban J connectivity index is 0.000000892. The van der Waals surface area contributed by atoms with Gasteiger partial charge in [-0.25, -0.2) is 0 Å². The van der Waals surface area contributed by atoms with Gasteiger partial charge in [0, 0.05) is 47.0 Å². The molecule has 0 amide bonds. The monoisotopic (exact) mass is 923 g/mol. The summed E-state index contributed by atoms with van der Waals surface area (Å²) in [5.74, 6) is 0. The molecule has 2 rings (SSSR count). The van der Waals surface area contributed by atoms with Gasteiger partial charge >= 0.3 is 0 Å². The number of hydrogen-bond donors (Lipinski definition) is 0. The Kier molecular flexibility index (Phi) is 21.5. The molecule has 0 bridgehead atoms. The van der Waals surface area contributed by atoms with Crippen molar-refractivity contribution in [3.8, 4) is 0 Å². The van der Waals surface area contributed by atoms with Crippen LogP contribution in [0.3, 0.4) is 0 Å². The number of hydrogen-bond acceptors (Lipinski definition) is 4. The van der Waals surface area contributed by atoms with E-state index >= 15 is 0 Å². The molecule has 0 radical (unpaired) electrons. The second-order valence-electron chi connectivity index (χ2n) is 25.6. The molecule has 2 aliphatic heterocycles. The van der Waals surface area contributed by atoms with Crippen LogP contribution in [0.2, 0.25) is 0 Å². The van der Waals surface area contributed by atoms with Crippen LogP contribution in [-0.4, -0.2) is 84.1 Å².